The molecule has 0 saturated carbocycles. The molecular formula is C10H16N2O3S2. The number of urea groups is 1. The first-order valence-electron chi connectivity index (χ1n) is 5.64. The summed E-state index contributed by atoms with van der Waals surface area (Å²) >= 11 is 3.41. The Labute approximate surface area is 109 Å². The first-order chi connectivity index (χ1) is 8.18. The zero-order valence-electron chi connectivity index (χ0n) is 9.42. The van der Waals surface area contributed by atoms with E-state index in [0.29, 0.717) is 12.3 Å². The van der Waals surface area contributed by atoms with Crippen LogP contribution in [0.2, 0.25) is 0 Å². The smallest absolute Gasteiger partial charge is 0.327 e. The van der Waals surface area contributed by atoms with Gasteiger partial charge in [0.2, 0.25) is 0 Å². The molecule has 2 N–H and O–H groups in total. The molecule has 2 atom stereocenters. The molecule has 96 valence electrons. The van der Waals surface area contributed by atoms with E-state index in [1.54, 1.807) is 11.8 Å². The van der Waals surface area contributed by atoms with Crippen molar-refractivity contribution in [3.05, 3.63) is 0 Å². The number of carboxylic acid groups (broad SMARTS) is 1. The molecule has 7 heteroatoms. The molecule has 0 aliphatic carbocycles. The fourth-order valence-electron chi connectivity index (χ4n) is 1.96. The summed E-state index contributed by atoms with van der Waals surface area (Å²) in [5, 5.41) is 12.0. The highest BCUT2D eigenvalue weighted by Crippen LogP contribution is 2.20. The molecule has 2 aliphatic rings. The first-order valence-corrected chi connectivity index (χ1v) is 7.95. The van der Waals surface area contributed by atoms with Crippen LogP contribution >= 0.6 is 23.5 Å². The summed E-state index contributed by atoms with van der Waals surface area (Å²) in [5.74, 6) is 2.40. The summed E-state index contributed by atoms with van der Waals surface area (Å²) in [6.45, 7) is 0.521. The average Bonchev–Trinajstić information content (AvgIpc) is 2.81. The summed E-state index contributed by atoms with van der Waals surface area (Å²) in [6.07, 6.45) is 0.983. The van der Waals surface area contributed by atoms with Crippen molar-refractivity contribution in [3.8, 4) is 0 Å². The SMILES string of the molecule is O=C(O)C1CSCCN1C(=O)NC1CCSC1. The van der Waals surface area contributed by atoms with Gasteiger partial charge in [-0.25, -0.2) is 9.59 Å². The third-order valence-corrected chi connectivity index (χ3v) is 5.12. The fourth-order valence-corrected chi connectivity index (χ4v) is 4.15. The third-order valence-electron chi connectivity index (χ3n) is 2.93. The monoisotopic (exact) mass is 276 g/mol. The number of rotatable bonds is 2. The number of amides is 2. The Balaban J connectivity index is 1.93. The predicted molar refractivity (Wildman–Crippen MR) is 69.7 cm³/mol. The Bertz CT molecular complexity index is 308. The third kappa shape index (κ3) is 3.22. The molecule has 2 heterocycles. The maximum atomic E-state index is 12.0. The Morgan fingerprint density at radius 2 is 2.00 bits per heavy atom. The fraction of sp³-hybridized carbons (Fsp3) is 0.800. The minimum absolute atomic E-state index is 0.205. The lowest BCUT2D eigenvalue weighted by molar-refractivity contribution is -0.141. The summed E-state index contributed by atoms with van der Waals surface area (Å²) in [5.41, 5.74) is 0. The topological polar surface area (TPSA) is 69.6 Å². The molecule has 0 spiro atoms. The number of carbonyl (C=O) groups is 2. The van der Waals surface area contributed by atoms with Gasteiger partial charge in [0.1, 0.15) is 6.04 Å². The second-order valence-electron chi connectivity index (χ2n) is 4.13. The van der Waals surface area contributed by atoms with Crippen LogP contribution in [0.1, 0.15) is 6.42 Å². The number of thioether (sulfide) groups is 2. The van der Waals surface area contributed by atoms with E-state index in [1.165, 1.54) is 4.90 Å². The standard InChI is InChI=1S/C10H16N2O3S2/c13-9(14)8-6-17-4-2-12(8)10(15)11-7-1-3-16-5-7/h7-8H,1-6H2,(H,11,15)(H,13,14). The van der Waals surface area contributed by atoms with E-state index in [2.05, 4.69) is 5.32 Å². The summed E-state index contributed by atoms with van der Waals surface area (Å²) in [4.78, 5) is 24.5. The van der Waals surface area contributed by atoms with Crippen molar-refractivity contribution in [1.29, 1.82) is 0 Å². The van der Waals surface area contributed by atoms with E-state index in [4.69, 9.17) is 5.11 Å². The van der Waals surface area contributed by atoms with Crippen LogP contribution in [0.4, 0.5) is 4.79 Å². The van der Waals surface area contributed by atoms with Crippen molar-refractivity contribution in [1.82, 2.24) is 10.2 Å². The number of hydrogen-bond acceptors (Lipinski definition) is 4. The Morgan fingerprint density at radius 1 is 1.24 bits per heavy atom. The maximum Gasteiger partial charge on any atom is 0.327 e. The van der Waals surface area contributed by atoms with Gasteiger partial charge in [-0.1, -0.05) is 0 Å². The Kier molecular flexibility index (Phi) is 4.44. The van der Waals surface area contributed by atoms with E-state index in [0.717, 1.165) is 23.7 Å². The normalized spacial score (nSPS) is 29.1. The minimum atomic E-state index is -0.909. The van der Waals surface area contributed by atoms with Crippen molar-refractivity contribution in [2.45, 2.75) is 18.5 Å². The number of nitrogens with one attached hydrogen (secondary N) is 1. The highest BCUT2D eigenvalue weighted by atomic mass is 32.2. The van der Waals surface area contributed by atoms with E-state index in [1.807, 2.05) is 11.8 Å². The Hall–Kier alpha value is -0.560. The Morgan fingerprint density at radius 3 is 2.65 bits per heavy atom. The molecule has 17 heavy (non-hydrogen) atoms. The summed E-state index contributed by atoms with van der Waals surface area (Å²) < 4.78 is 0. The zero-order valence-corrected chi connectivity index (χ0v) is 11.1. The summed E-state index contributed by atoms with van der Waals surface area (Å²) in [7, 11) is 0. The van der Waals surface area contributed by atoms with Gasteiger partial charge in [-0.3, -0.25) is 0 Å². The molecule has 0 aromatic carbocycles. The first kappa shape index (κ1) is 12.9. The second-order valence-corrected chi connectivity index (χ2v) is 6.43. The number of aliphatic carboxylic acids is 1. The predicted octanol–water partition coefficient (Wildman–Crippen LogP) is 0.704. The van der Waals surface area contributed by atoms with Crippen molar-refractivity contribution in [2.24, 2.45) is 0 Å². The molecule has 0 bridgehead atoms. The average molecular weight is 276 g/mol. The van der Waals surface area contributed by atoms with E-state index in [9.17, 15) is 9.59 Å². The molecule has 2 aliphatic heterocycles. The molecule has 0 aromatic rings. The molecule has 2 saturated heterocycles. The number of carboxylic acids is 1. The van der Waals surface area contributed by atoms with Gasteiger partial charge in [-0.05, 0) is 12.2 Å². The van der Waals surface area contributed by atoms with Gasteiger partial charge in [0.05, 0.1) is 0 Å². The van der Waals surface area contributed by atoms with Crippen LogP contribution in [0, 0.1) is 0 Å². The van der Waals surface area contributed by atoms with Crippen LogP contribution < -0.4 is 5.32 Å². The van der Waals surface area contributed by atoms with Crippen molar-refractivity contribution in [2.75, 3.05) is 29.6 Å². The number of hydrogen-bond donors (Lipinski definition) is 2. The molecule has 0 aromatic heterocycles. The van der Waals surface area contributed by atoms with Crippen molar-refractivity contribution in [3.63, 3.8) is 0 Å². The minimum Gasteiger partial charge on any atom is -0.480 e. The van der Waals surface area contributed by atoms with E-state index < -0.39 is 12.0 Å². The molecular weight excluding hydrogens is 260 g/mol. The van der Waals surface area contributed by atoms with Crippen LogP contribution in [0.3, 0.4) is 0 Å². The van der Waals surface area contributed by atoms with E-state index >= 15 is 0 Å². The van der Waals surface area contributed by atoms with Gasteiger partial charge in [-0.2, -0.15) is 23.5 Å². The second kappa shape index (κ2) is 5.86. The number of carbonyl (C=O) groups excluding carboxylic acids is 1. The molecule has 2 amide bonds. The van der Waals surface area contributed by atoms with Crippen LogP contribution in [0.5, 0.6) is 0 Å². The van der Waals surface area contributed by atoms with E-state index in [-0.39, 0.29) is 12.1 Å². The molecule has 0 radical (unpaired) electrons. The van der Waals surface area contributed by atoms with Crippen LogP contribution in [-0.4, -0.2) is 63.6 Å². The van der Waals surface area contributed by atoms with Gasteiger partial charge >= 0.3 is 12.0 Å². The molecule has 2 unspecified atom stereocenters. The lowest BCUT2D eigenvalue weighted by atomic mass is 10.2. The summed E-state index contributed by atoms with van der Waals surface area (Å²) in [6, 6.07) is -0.690. The highest BCUT2D eigenvalue weighted by molar-refractivity contribution is 7.99. The molecule has 5 nitrogen and oxygen atoms in total. The lowest BCUT2D eigenvalue weighted by Crippen LogP contribution is -2.55. The van der Waals surface area contributed by atoms with Gasteiger partial charge < -0.3 is 15.3 Å². The quantitative estimate of drug-likeness (QED) is 0.777. The van der Waals surface area contributed by atoms with Crippen molar-refractivity contribution < 1.29 is 14.7 Å². The van der Waals surface area contributed by atoms with Gasteiger partial charge in [0, 0.05) is 29.8 Å². The highest BCUT2D eigenvalue weighted by Gasteiger charge is 2.33. The number of nitrogens with zero attached hydrogens (tertiary/aromatic N) is 1. The zero-order chi connectivity index (χ0) is 12.3. The van der Waals surface area contributed by atoms with Crippen LogP contribution in [0.25, 0.3) is 0 Å². The maximum absolute atomic E-state index is 12.0. The molecule has 2 fully saturated rings. The lowest BCUT2D eigenvalue weighted by Gasteiger charge is -2.33. The van der Waals surface area contributed by atoms with Gasteiger partial charge in [0.15, 0.2) is 0 Å². The van der Waals surface area contributed by atoms with Gasteiger partial charge in [-0.15, -0.1) is 0 Å². The van der Waals surface area contributed by atoms with Crippen LogP contribution in [0.15, 0.2) is 0 Å². The van der Waals surface area contributed by atoms with Gasteiger partial charge in [0.25, 0.3) is 0 Å². The largest absolute Gasteiger partial charge is 0.480 e. The molecule has 2 rings (SSSR count). The van der Waals surface area contributed by atoms with Crippen LogP contribution in [-0.2, 0) is 4.79 Å². The van der Waals surface area contributed by atoms with Crippen molar-refractivity contribution >= 4 is 35.5 Å².